The maximum atomic E-state index is 10.9. The predicted octanol–water partition coefficient (Wildman–Crippen LogP) is 2.04. The number of carboxylic acids is 1. The van der Waals surface area contributed by atoms with Gasteiger partial charge in [0.05, 0.1) is 5.92 Å². The molecule has 1 atom stereocenters. The molecule has 0 saturated heterocycles. The molecule has 0 aromatic carbocycles. The summed E-state index contributed by atoms with van der Waals surface area (Å²) in [5.74, 6) is -1.19. The van der Waals surface area contributed by atoms with Gasteiger partial charge < -0.3 is 10.0 Å². The topological polar surface area (TPSA) is 66.3 Å². The van der Waals surface area contributed by atoms with E-state index in [9.17, 15) is 4.79 Å². The molecule has 1 unspecified atom stereocenters. The average Bonchev–Trinajstić information content (AvgIpc) is 2.72. The molecular weight excluding hydrogens is 238 g/mol. The minimum Gasteiger partial charge on any atom is -0.481 e. The zero-order valence-corrected chi connectivity index (χ0v) is 11.5. The summed E-state index contributed by atoms with van der Waals surface area (Å²) in [6, 6.07) is 0.217. The van der Waals surface area contributed by atoms with E-state index in [0.717, 1.165) is 16.6 Å². The molecule has 0 aliphatic rings. The number of nitrogens with zero attached hydrogens (tertiary/aromatic N) is 3. The Morgan fingerprint density at radius 3 is 2.47 bits per heavy atom. The molecule has 1 aromatic heterocycles. The molecule has 1 aromatic rings. The van der Waals surface area contributed by atoms with Crippen molar-refractivity contribution in [2.75, 3.05) is 11.4 Å². The molecular formula is C11H19N3O2S. The van der Waals surface area contributed by atoms with Crippen molar-refractivity contribution in [1.82, 2.24) is 10.2 Å². The lowest BCUT2D eigenvalue weighted by Gasteiger charge is -2.27. The highest BCUT2D eigenvalue weighted by molar-refractivity contribution is 7.15. The maximum absolute atomic E-state index is 10.9. The molecule has 0 radical (unpaired) electrons. The number of hydrogen-bond donors (Lipinski definition) is 1. The Hall–Kier alpha value is -1.17. The first-order valence-corrected chi connectivity index (χ1v) is 6.59. The third-order valence-electron chi connectivity index (χ3n) is 2.52. The van der Waals surface area contributed by atoms with E-state index < -0.39 is 11.9 Å². The van der Waals surface area contributed by atoms with Gasteiger partial charge in [0, 0.05) is 12.6 Å². The van der Waals surface area contributed by atoms with Crippen molar-refractivity contribution in [3.8, 4) is 0 Å². The van der Waals surface area contributed by atoms with Gasteiger partial charge in [0.2, 0.25) is 5.13 Å². The van der Waals surface area contributed by atoms with E-state index in [-0.39, 0.29) is 6.04 Å². The summed E-state index contributed by atoms with van der Waals surface area (Å²) in [6.45, 7) is 8.26. The van der Waals surface area contributed by atoms with Crippen LogP contribution in [-0.2, 0) is 11.2 Å². The van der Waals surface area contributed by atoms with E-state index in [4.69, 9.17) is 5.11 Å². The van der Waals surface area contributed by atoms with Crippen LogP contribution in [0.5, 0.6) is 0 Å². The standard InChI is InChI=1S/C11H19N3O2S/c1-5-9-12-13-11(17-9)14(7(2)3)6-8(4)10(15)16/h7-8H,5-6H2,1-4H3,(H,15,16). The van der Waals surface area contributed by atoms with Crippen molar-refractivity contribution in [3.05, 3.63) is 5.01 Å². The summed E-state index contributed by atoms with van der Waals surface area (Å²) in [5, 5.41) is 18.9. The fraction of sp³-hybridized carbons (Fsp3) is 0.727. The van der Waals surface area contributed by atoms with Crippen molar-refractivity contribution in [2.24, 2.45) is 5.92 Å². The highest BCUT2D eigenvalue weighted by Crippen LogP contribution is 2.23. The average molecular weight is 257 g/mol. The molecule has 96 valence electrons. The van der Waals surface area contributed by atoms with E-state index in [1.807, 2.05) is 25.7 Å². The maximum Gasteiger partial charge on any atom is 0.308 e. The van der Waals surface area contributed by atoms with Crippen LogP contribution in [-0.4, -0.2) is 33.9 Å². The fourth-order valence-corrected chi connectivity index (χ4v) is 2.31. The molecule has 5 nitrogen and oxygen atoms in total. The normalized spacial score (nSPS) is 12.8. The third kappa shape index (κ3) is 3.66. The summed E-state index contributed by atoms with van der Waals surface area (Å²) in [5.41, 5.74) is 0. The second-order valence-electron chi connectivity index (χ2n) is 4.32. The van der Waals surface area contributed by atoms with Gasteiger partial charge in [-0.1, -0.05) is 25.2 Å². The van der Waals surface area contributed by atoms with Crippen LogP contribution in [0.15, 0.2) is 0 Å². The Morgan fingerprint density at radius 2 is 2.06 bits per heavy atom. The van der Waals surface area contributed by atoms with E-state index in [1.54, 1.807) is 6.92 Å². The Morgan fingerprint density at radius 1 is 1.41 bits per heavy atom. The van der Waals surface area contributed by atoms with Gasteiger partial charge in [-0.15, -0.1) is 10.2 Å². The van der Waals surface area contributed by atoms with Crippen LogP contribution in [0.4, 0.5) is 5.13 Å². The number of rotatable bonds is 6. The second kappa shape index (κ2) is 5.95. The minimum absolute atomic E-state index is 0.217. The summed E-state index contributed by atoms with van der Waals surface area (Å²) in [6.07, 6.45) is 0.859. The van der Waals surface area contributed by atoms with Crippen molar-refractivity contribution >= 4 is 22.4 Å². The Labute approximate surface area is 105 Å². The number of anilines is 1. The van der Waals surface area contributed by atoms with Gasteiger partial charge in [0.25, 0.3) is 0 Å². The quantitative estimate of drug-likeness (QED) is 0.844. The lowest BCUT2D eigenvalue weighted by atomic mass is 10.1. The first-order valence-electron chi connectivity index (χ1n) is 5.77. The summed E-state index contributed by atoms with van der Waals surface area (Å²) >= 11 is 1.53. The second-order valence-corrected chi connectivity index (χ2v) is 5.36. The van der Waals surface area contributed by atoms with E-state index >= 15 is 0 Å². The number of hydrogen-bond acceptors (Lipinski definition) is 5. The van der Waals surface area contributed by atoms with Crippen LogP contribution in [0.2, 0.25) is 0 Å². The van der Waals surface area contributed by atoms with Gasteiger partial charge in [-0.05, 0) is 20.3 Å². The van der Waals surface area contributed by atoms with Crippen LogP contribution < -0.4 is 4.90 Å². The highest BCUT2D eigenvalue weighted by Gasteiger charge is 2.21. The van der Waals surface area contributed by atoms with Crippen molar-refractivity contribution in [2.45, 2.75) is 40.2 Å². The Kier molecular flexibility index (Phi) is 4.86. The first kappa shape index (κ1) is 13.9. The van der Waals surface area contributed by atoms with Crippen molar-refractivity contribution in [3.63, 3.8) is 0 Å². The van der Waals surface area contributed by atoms with Gasteiger partial charge in [-0.3, -0.25) is 4.79 Å². The van der Waals surface area contributed by atoms with Crippen molar-refractivity contribution in [1.29, 1.82) is 0 Å². The molecule has 17 heavy (non-hydrogen) atoms. The number of carboxylic acid groups (broad SMARTS) is 1. The SMILES string of the molecule is CCc1nnc(N(CC(C)C(=O)O)C(C)C)s1. The Balaban J connectivity index is 2.82. The number of aryl methyl sites for hydroxylation is 1. The molecule has 0 aliphatic carbocycles. The number of aromatic nitrogens is 2. The third-order valence-corrected chi connectivity index (χ3v) is 3.62. The summed E-state index contributed by atoms with van der Waals surface area (Å²) in [4.78, 5) is 12.9. The smallest absolute Gasteiger partial charge is 0.308 e. The lowest BCUT2D eigenvalue weighted by molar-refractivity contribution is -0.140. The predicted molar refractivity (Wildman–Crippen MR) is 68.6 cm³/mol. The van der Waals surface area contributed by atoms with E-state index in [2.05, 4.69) is 10.2 Å². The zero-order valence-electron chi connectivity index (χ0n) is 10.7. The Bertz CT molecular complexity index is 379. The van der Waals surface area contributed by atoms with Crippen molar-refractivity contribution < 1.29 is 9.90 Å². The molecule has 6 heteroatoms. The minimum atomic E-state index is -0.782. The van der Waals surface area contributed by atoms with Gasteiger partial charge in [-0.2, -0.15) is 0 Å². The monoisotopic (exact) mass is 257 g/mol. The van der Waals surface area contributed by atoms with Crippen LogP contribution in [0.25, 0.3) is 0 Å². The lowest BCUT2D eigenvalue weighted by Crippen LogP contribution is -2.37. The van der Waals surface area contributed by atoms with Gasteiger partial charge in [0.15, 0.2) is 0 Å². The first-order chi connectivity index (χ1) is 7.95. The van der Waals surface area contributed by atoms with Gasteiger partial charge in [0.1, 0.15) is 5.01 Å². The molecule has 0 saturated carbocycles. The molecule has 0 fully saturated rings. The van der Waals surface area contributed by atoms with Gasteiger partial charge in [-0.25, -0.2) is 0 Å². The van der Waals surface area contributed by atoms with Crippen LogP contribution >= 0.6 is 11.3 Å². The number of aliphatic carboxylic acids is 1. The highest BCUT2D eigenvalue weighted by atomic mass is 32.1. The molecule has 0 bridgehead atoms. The van der Waals surface area contributed by atoms with Gasteiger partial charge >= 0.3 is 5.97 Å². The fourth-order valence-electron chi connectivity index (χ4n) is 1.39. The summed E-state index contributed by atoms with van der Waals surface area (Å²) in [7, 11) is 0. The molecule has 0 spiro atoms. The number of carbonyl (C=O) groups is 1. The van der Waals surface area contributed by atoms with Crippen LogP contribution in [0.1, 0.15) is 32.7 Å². The van der Waals surface area contributed by atoms with E-state index in [0.29, 0.717) is 6.54 Å². The molecule has 1 N–H and O–H groups in total. The summed E-state index contributed by atoms with van der Waals surface area (Å²) < 4.78 is 0. The zero-order chi connectivity index (χ0) is 13.0. The molecule has 1 rings (SSSR count). The molecule has 0 amide bonds. The van der Waals surface area contributed by atoms with E-state index in [1.165, 1.54) is 11.3 Å². The largest absolute Gasteiger partial charge is 0.481 e. The van der Waals surface area contributed by atoms with Crippen LogP contribution in [0, 0.1) is 5.92 Å². The van der Waals surface area contributed by atoms with Crippen LogP contribution in [0.3, 0.4) is 0 Å². The molecule has 1 heterocycles. The molecule has 0 aliphatic heterocycles.